The quantitative estimate of drug-likeness (QED) is 0.559. The average Bonchev–Trinajstić information content (AvgIpc) is 1.96. The zero-order valence-corrected chi connectivity index (χ0v) is 6.04. The molecule has 0 unspecified atom stereocenters. The van der Waals surface area contributed by atoms with Crippen LogP contribution in [0.15, 0.2) is 18.2 Å². The Morgan fingerprint density at radius 2 is 2.25 bits per heavy atom. The predicted octanol–water partition coefficient (Wildman–Crippen LogP) is 1.50. The second kappa shape index (κ2) is 3.08. The maximum Gasteiger partial charge on any atom is 0.409 e. The van der Waals surface area contributed by atoms with Crippen molar-refractivity contribution in [3.63, 3.8) is 0 Å². The molecule has 0 atom stereocenters. The molecule has 0 aliphatic rings. The maximum atomic E-state index is 12.5. The number of nitrogen functional groups attached to an aromatic ring is 1. The third-order valence-electron chi connectivity index (χ3n) is 1.25. The zero-order valence-electron chi connectivity index (χ0n) is 6.04. The molecule has 0 spiro atoms. The Morgan fingerprint density at radius 1 is 1.58 bits per heavy atom. The van der Waals surface area contributed by atoms with Crippen molar-refractivity contribution in [2.24, 2.45) is 0 Å². The molecule has 0 bridgehead atoms. The normalized spacial score (nSPS) is 9.42. The van der Waals surface area contributed by atoms with E-state index in [2.05, 4.69) is 0 Å². The summed E-state index contributed by atoms with van der Waals surface area (Å²) in [5.41, 5.74) is 5.36. The van der Waals surface area contributed by atoms with Crippen LogP contribution < -0.4 is 11.1 Å². The fraction of sp³-hybridized carbons (Fsp3) is 0. The van der Waals surface area contributed by atoms with E-state index in [1.807, 2.05) is 5.32 Å². The van der Waals surface area contributed by atoms with Gasteiger partial charge < -0.3 is 10.8 Å². The van der Waals surface area contributed by atoms with Crippen LogP contribution in [0.2, 0.25) is 0 Å². The van der Waals surface area contributed by atoms with Crippen molar-refractivity contribution in [3.8, 4) is 0 Å². The summed E-state index contributed by atoms with van der Waals surface area (Å²) in [5.74, 6) is -0.564. The van der Waals surface area contributed by atoms with Crippen LogP contribution in [-0.2, 0) is 0 Å². The standard InChI is InChI=1S/C7H7FN2O2/c8-5-2-1-4(3-6(5)9)10-7(11)12/h1-3,10H,9H2,(H,11,12). The van der Waals surface area contributed by atoms with E-state index >= 15 is 0 Å². The number of carboxylic acid groups (broad SMARTS) is 1. The molecule has 0 aromatic heterocycles. The Balaban J connectivity index is 2.89. The zero-order chi connectivity index (χ0) is 9.14. The molecule has 0 radical (unpaired) electrons. The van der Waals surface area contributed by atoms with Crippen LogP contribution in [0.25, 0.3) is 0 Å². The van der Waals surface area contributed by atoms with Gasteiger partial charge in [0, 0.05) is 5.69 Å². The van der Waals surface area contributed by atoms with Crippen LogP contribution in [0.5, 0.6) is 0 Å². The number of hydrogen-bond donors (Lipinski definition) is 3. The number of nitrogens with one attached hydrogen (secondary N) is 1. The van der Waals surface area contributed by atoms with Crippen LogP contribution in [0, 0.1) is 5.82 Å². The monoisotopic (exact) mass is 170 g/mol. The number of benzene rings is 1. The topological polar surface area (TPSA) is 75.3 Å². The molecule has 0 fully saturated rings. The van der Waals surface area contributed by atoms with Gasteiger partial charge in [-0.25, -0.2) is 9.18 Å². The molecular formula is C7H7FN2O2. The van der Waals surface area contributed by atoms with Crippen molar-refractivity contribution in [2.45, 2.75) is 0 Å². The molecular weight excluding hydrogens is 163 g/mol. The largest absolute Gasteiger partial charge is 0.465 e. The number of nitrogens with two attached hydrogens (primary N) is 1. The summed E-state index contributed by atoms with van der Waals surface area (Å²) >= 11 is 0. The lowest BCUT2D eigenvalue weighted by atomic mass is 10.3. The average molecular weight is 170 g/mol. The third-order valence-corrected chi connectivity index (χ3v) is 1.25. The van der Waals surface area contributed by atoms with Crippen LogP contribution >= 0.6 is 0 Å². The van der Waals surface area contributed by atoms with Crippen LogP contribution in [0.4, 0.5) is 20.6 Å². The fourth-order valence-electron chi connectivity index (χ4n) is 0.745. The molecule has 1 aromatic carbocycles. The summed E-state index contributed by atoms with van der Waals surface area (Å²) < 4.78 is 12.5. The van der Waals surface area contributed by atoms with Crippen molar-refractivity contribution in [3.05, 3.63) is 24.0 Å². The van der Waals surface area contributed by atoms with Crippen LogP contribution in [-0.4, -0.2) is 11.2 Å². The summed E-state index contributed by atoms with van der Waals surface area (Å²) in [5, 5.41) is 10.3. The van der Waals surface area contributed by atoms with Gasteiger partial charge >= 0.3 is 6.09 Å². The van der Waals surface area contributed by atoms with Gasteiger partial charge in [-0.3, -0.25) is 5.32 Å². The maximum absolute atomic E-state index is 12.5. The number of carbonyl (C=O) groups is 1. The SMILES string of the molecule is Nc1cc(NC(=O)O)ccc1F. The van der Waals surface area contributed by atoms with Gasteiger partial charge in [0.25, 0.3) is 0 Å². The highest BCUT2D eigenvalue weighted by atomic mass is 19.1. The number of halogens is 1. The van der Waals surface area contributed by atoms with E-state index in [9.17, 15) is 9.18 Å². The Hall–Kier alpha value is -1.78. The van der Waals surface area contributed by atoms with E-state index in [4.69, 9.17) is 10.8 Å². The molecule has 0 aliphatic carbocycles. The number of rotatable bonds is 1. The molecule has 0 aliphatic heterocycles. The number of anilines is 2. The van der Waals surface area contributed by atoms with Gasteiger partial charge in [-0.1, -0.05) is 0 Å². The van der Waals surface area contributed by atoms with E-state index in [0.717, 1.165) is 6.07 Å². The highest BCUT2D eigenvalue weighted by Crippen LogP contribution is 2.15. The highest BCUT2D eigenvalue weighted by molar-refractivity contribution is 5.83. The van der Waals surface area contributed by atoms with E-state index in [0.29, 0.717) is 0 Å². The summed E-state index contributed by atoms with van der Waals surface area (Å²) in [6.07, 6.45) is -1.21. The molecule has 4 nitrogen and oxygen atoms in total. The molecule has 1 amide bonds. The van der Waals surface area contributed by atoms with Crippen molar-refractivity contribution in [2.75, 3.05) is 11.1 Å². The van der Waals surface area contributed by atoms with Gasteiger partial charge in [0.1, 0.15) is 5.82 Å². The molecule has 0 saturated carbocycles. The molecule has 1 aromatic rings. The van der Waals surface area contributed by atoms with E-state index in [1.165, 1.54) is 12.1 Å². The number of hydrogen-bond acceptors (Lipinski definition) is 2. The minimum absolute atomic E-state index is 0.0822. The Kier molecular flexibility index (Phi) is 2.14. The fourth-order valence-corrected chi connectivity index (χ4v) is 0.745. The second-order valence-electron chi connectivity index (χ2n) is 2.17. The van der Waals surface area contributed by atoms with Crippen LogP contribution in [0.3, 0.4) is 0 Å². The third kappa shape index (κ3) is 1.85. The molecule has 12 heavy (non-hydrogen) atoms. The van der Waals surface area contributed by atoms with Crippen molar-refractivity contribution < 1.29 is 14.3 Å². The summed E-state index contributed by atoms with van der Waals surface area (Å²) in [7, 11) is 0. The Morgan fingerprint density at radius 3 is 2.75 bits per heavy atom. The molecule has 5 heteroatoms. The molecule has 0 saturated heterocycles. The second-order valence-corrected chi connectivity index (χ2v) is 2.17. The first-order valence-electron chi connectivity index (χ1n) is 3.14. The van der Waals surface area contributed by atoms with E-state index < -0.39 is 11.9 Å². The smallest absolute Gasteiger partial charge is 0.409 e. The predicted molar refractivity (Wildman–Crippen MR) is 42.5 cm³/mol. The minimum Gasteiger partial charge on any atom is -0.465 e. The van der Waals surface area contributed by atoms with Crippen LogP contribution in [0.1, 0.15) is 0 Å². The van der Waals surface area contributed by atoms with Gasteiger partial charge in [0.15, 0.2) is 0 Å². The summed E-state index contributed by atoms with van der Waals surface area (Å²) in [6, 6.07) is 3.60. The van der Waals surface area contributed by atoms with Gasteiger partial charge in [-0.05, 0) is 18.2 Å². The molecule has 0 heterocycles. The lowest BCUT2D eigenvalue weighted by Gasteiger charge is -2.01. The lowest BCUT2D eigenvalue weighted by Crippen LogP contribution is -2.07. The van der Waals surface area contributed by atoms with Crippen molar-refractivity contribution >= 4 is 17.5 Å². The van der Waals surface area contributed by atoms with E-state index in [1.54, 1.807) is 0 Å². The van der Waals surface area contributed by atoms with Gasteiger partial charge in [0.05, 0.1) is 5.69 Å². The van der Waals surface area contributed by atoms with Crippen molar-refractivity contribution in [1.29, 1.82) is 0 Å². The molecule has 64 valence electrons. The summed E-state index contributed by atoms with van der Waals surface area (Å²) in [4.78, 5) is 10.1. The first-order chi connectivity index (χ1) is 5.59. The minimum atomic E-state index is -1.21. The van der Waals surface area contributed by atoms with Crippen molar-refractivity contribution in [1.82, 2.24) is 0 Å². The molecule has 4 N–H and O–H groups in total. The van der Waals surface area contributed by atoms with Gasteiger partial charge in [-0.15, -0.1) is 0 Å². The first kappa shape index (κ1) is 8.32. The highest BCUT2D eigenvalue weighted by Gasteiger charge is 2.01. The Labute approximate surface area is 67.8 Å². The number of amides is 1. The Bertz CT molecular complexity index is 314. The van der Waals surface area contributed by atoms with Gasteiger partial charge in [0.2, 0.25) is 0 Å². The summed E-state index contributed by atoms with van der Waals surface area (Å²) in [6.45, 7) is 0. The molecule has 1 rings (SSSR count). The van der Waals surface area contributed by atoms with E-state index in [-0.39, 0.29) is 11.4 Å². The van der Waals surface area contributed by atoms with Gasteiger partial charge in [-0.2, -0.15) is 0 Å². The first-order valence-corrected chi connectivity index (χ1v) is 3.14. The lowest BCUT2D eigenvalue weighted by molar-refractivity contribution is 0.210.